The molecule has 20 heavy (non-hydrogen) atoms. The van der Waals surface area contributed by atoms with Gasteiger partial charge in [0.05, 0.1) is 11.3 Å². The lowest BCUT2D eigenvalue weighted by atomic mass is 10.1. The van der Waals surface area contributed by atoms with Gasteiger partial charge in [-0.2, -0.15) is 0 Å². The standard InChI is InChI=1S/C15H19BrN2O2/c1-9-7-10(16)8-11-12(9)18(14(20)13(11)19)6-5-17-15(2,3)4/h7-8,17H,5-6H2,1-4H3. The van der Waals surface area contributed by atoms with Gasteiger partial charge in [0, 0.05) is 23.1 Å². The van der Waals surface area contributed by atoms with Crippen molar-refractivity contribution in [3.05, 3.63) is 27.7 Å². The smallest absolute Gasteiger partial charge is 0.299 e. The molecule has 0 saturated heterocycles. The lowest BCUT2D eigenvalue weighted by molar-refractivity contribution is -0.114. The Bertz CT molecular complexity index is 576. The minimum absolute atomic E-state index is 0.00955. The summed E-state index contributed by atoms with van der Waals surface area (Å²) in [5, 5.41) is 3.33. The molecule has 0 unspecified atom stereocenters. The number of carbonyl (C=O) groups is 2. The Morgan fingerprint density at radius 1 is 1.25 bits per heavy atom. The molecular weight excluding hydrogens is 320 g/mol. The minimum atomic E-state index is -0.433. The molecule has 1 amide bonds. The summed E-state index contributed by atoms with van der Waals surface area (Å²) in [6.45, 7) is 9.27. The molecule has 2 rings (SSSR count). The second-order valence-corrected chi connectivity index (χ2v) is 7.00. The van der Waals surface area contributed by atoms with E-state index in [0.717, 1.165) is 15.7 Å². The third-order valence-electron chi connectivity index (χ3n) is 3.21. The number of benzene rings is 1. The van der Waals surface area contributed by atoms with E-state index < -0.39 is 11.7 Å². The van der Waals surface area contributed by atoms with Crippen LogP contribution >= 0.6 is 15.9 Å². The molecule has 0 aromatic heterocycles. The van der Waals surface area contributed by atoms with Gasteiger partial charge in [-0.25, -0.2) is 0 Å². The number of hydrogen-bond donors (Lipinski definition) is 1. The summed E-state index contributed by atoms with van der Waals surface area (Å²) in [7, 11) is 0. The van der Waals surface area contributed by atoms with Crippen molar-refractivity contribution in [3.63, 3.8) is 0 Å². The predicted octanol–water partition coefficient (Wildman–Crippen LogP) is 2.67. The van der Waals surface area contributed by atoms with Crippen LogP contribution in [0.4, 0.5) is 5.69 Å². The van der Waals surface area contributed by atoms with Crippen molar-refractivity contribution in [2.24, 2.45) is 0 Å². The first kappa shape index (κ1) is 15.2. The molecule has 1 aliphatic rings. The maximum Gasteiger partial charge on any atom is 0.299 e. The van der Waals surface area contributed by atoms with E-state index in [4.69, 9.17) is 0 Å². The Hall–Kier alpha value is -1.20. The van der Waals surface area contributed by atoms with Crippen molar-refractivity contribution in [2.45, 2.75) is 33.2 Å². The molecule has 108 valence electrons. The number of rotatable bonds is 3. The number of nitrogens with zero attached hydrogens (tertiary/aromatic N) is 1. The van der Waals surface area contributed by atoms with Gasteiger partial charge in [-0.1, -0.05) is 15.9 Å². The first-order valence-corrected chi connectivity index (χ1v) is 7.41. The molecule has 0 fully saturated rings. The number of Topliss-reactive ketones (excluding diaryl/α,β-unsaturated/α-hetero) is 1. The number of hydrogen-bond acceptors (Lipinski definition) is 3. The number of aryl methyl sites for hydroxylation is 1. The highest BCUT2D eigenvalue weighted by Crippen LogP contribution is 2.34. The van der Waals surface area contributed by atoms with Gasteiger partial charge >= 0.3 is 0 Å². The molecular formula is C15H19BrN2O2. The fraction of sp³-hybridized carbons (Fsp3) is 0.467. The number of nitrogens with one attached hydrogen (secondary N) is 1. The predicted molar refractivity (Wildman–Crippen MR) is 83.3 cm³/mol. The van der Waals surface area contributed by atoms with Crippen LogP contribution in [0.2, 0.25) is 0 Å². The van der Waals surface area contributed by atoms with E-state index in [0.29, 0.717) is 18.7 Å². The van der Waals surface area contributed by atoms with E-state index in [1.165, 1.54) is 0 Å². The summed E-state index contributed by atoms with van der Waals surface area (Å²) < 4.78 is 0.824. The largest absolute Gasteiger partial charge is 0.310 e. The molecule has 0 spiro atoms. The van der Waals surface area contributed by atoms with Gasteiger partial charge in [0.1, 0.15) is 0 Å². The normalized spacial score (nSPS) is 14.9. The van der Waals surface area contributed by atoms with Crippen LogP contribution in [-0.4, -0.2) is 30.3 Å². The second-order valence-electron chi connectivity index (χ2n) is 6.08. The first-order valence-electron chi connectivity index (χ1n) is 6.62. The average Bonchev–Trinajstić information content (AvgIpc) is 2.53. The van der Waals surface area contributed by atoms with Gasteiger partial charge in [0.15, 0.2) is 0 Å². The Morgan fingerprint density at radius 2 is 1.90 bits per heavy atom. The van der Waals surface area contributed by atoms with E-state index in [1.54, 1.807) is 11.0 Å². The molecule has 0 bridgehead atoms. The van der Waals surface area contributed by atoms with E-state index in [9.17, 15) is 9.59 Å². The van der Waals surface area contributed by atoms with Crippen molar-refractivity contribution < 1.29 is 9.59 Å². The Labute approximate surface area is 127 Å². The highest BCUT2D eigenvalue weighted by molar-refractivity contribution is 9.10. The van der Waals surface area contributed by atoms with Gasteiger partial charge in [-0.05, 0) is 45.4 Å². The van der Waals surface area contributed by atoms with Crippen molar-refractivity contribution in [1.29, 1.82) is 0 Å². The molecule has 1 aliphatic heterocycles. The number of fused-ring (bicyclic) bond motifs is 1. The van der Waals surface area contributed by atoms with Crippen molar-refractivity contribution in [2.75, 3.05) is 18.0 Å². The molecule has 5 heteroatoms. The monoisotopic (exact) mass is 338 g/mol. The zero-order valence-electron chi connectivity index (χ0n) is 12.2. The Balaban J connectivity index is 2.25. The number of halogens is 1. The van der Waals surface area contributed by atoms with Crippen LogP contribution in [0.15, 0.2) is 16.6 Å². The quantitative estimate of drug-likeness (QED) is 0.862. The van der Waals surface area contributed by atoms with Crippen molar-refractivity contribution in [1.82, 2.24) is 5.32 Å². The van der Waals surface area contributed by atoms with Crippen LogP contribution < -0.4 is 10.2 Å². The molecule has 1 heterocycles. The SMILES string of the molecule is Cc1cc(Br)cc2c1N(CCNC(C)(C)C)C(=O)C2=O. The van der Waals surface area contributed by atoms with E-state index in [2.05, 4.69) is 42.0 Å². The molecule has 0 radical (unpaired) electrons. The maximum absolute atomic E-state index is 12.1. The fourth-order valence-electron chi connectivity index (χ4n) is 2.36. The topological polar surface area (TPSA) is 49.4 Å². The lowest BCUT2D eigenvalue weighted by Crippen LogP contribution is -2.43. The summed E-state index contributed by atoms with van der Waals surface area (Å²) in [4.78, 5) is 25.7. The molecule has 0 aliphatic carbocycles. The van der Waals surface area contributed by atoms with Gasteiger partial charge in [-0.3, -0.25) is 9.59 Å². The zero-order chi connectivity index (χ0) is 15.1. The number of carbonyl (C=O) groups excluding carboxylic acids is 2. The van der Waals surface area contributed by atoms with Crippen molar-refractivity contribution >= 4 is 33.3 Å². The van der Waals surface area contributed by atoms with E-state index in [1.807, 2.05) is 13.0 Å². The molecule has 0 atom stereocenters. The van der Waals surface area contributed by atoms with Crippen LogP contribution in [0, 0.1) is 6.92 Å². The number of anilines is 1. The van der Waals surface area contributed by atoms with Gasteiger partial charge in [0.25, 0.3) is 11.7 Å². The van der Waals surface area contributed by atoms with Crippen LogP contribution in [0.5, 0.6) is 0 Å². The molecule has 1 N–H and O–H groups in total. The first-order chi connectivity index (χ1) is 9.20. The van der Waals surface area contributed by atoms with Crippen LogP contribution in [0.1, 0.15) is 36.7 Å². The highest BCUT2D eigenvalue weighted by Gasteiger charge is 2.36. The van der Waals surface area contributed by atoms with Crippen LogP contribution in [0.25, 0.3) is 0 Å². The Kier molecular flexibility index (Phi) is 4.02. The zero-order valence-corrected chi connectivity index (χ0v) is 13.8. The van der Waals surface area contributed by atoms with Gasteiger partial charge in [-0.15, -0.1) is 0 Å². The van der Waals surface area contributed by atoms with E-state index >= 15 is 0 Å². The fourth-order valence-corrected chi connectivity index (χ4v) is 2.93. The summed E-state index contributed by atoms with van der Waals surface area (Å²) in [5.41, 5.74) is 2.17. The summed E-state index contributed by atoms with van der Waals surface area (Å²) in [6, 6.07) is 3.65. The van der Waals surface area contributed by atoms with Crippen LogP contribution in [-0.2, 0) is 4.79 Å². The average molecular weight is 339 g/mol. The highest BCUT2D eigenvalue weighted by atomic mass is 79.9. The summed E-state index contributed by atoms with van der Waals surface area (Å²) >= 11 is 3.37. The number of ketones is 1. The molecule has 0 saturated carbocycles. The third kappa shape index (κ3) is 2.94. The number of amides is 1. The molecule has 1 aromatic rings. The van der Waals surface area contributed by atoms with Gasteiger partial charge < -0.3 is 10.2 Å². The maximum atomic E-state index is 12.1. The van der Waals surface area contributed by atoms with E-state index in [-0.39, 0.29) is 5.54 Å². The second kappa shape index (κ2) is 5.30. The molecule has 1 aromatic carbocycles. The summed E-state index contributed by atoms with van der Waals surface area (Å²) in [5.74, 6) is -0.850. The van der Waals surface area contributed by atoms with Gasteiger partial charge in [0.2, 0.25) is 0 Å². The molecule has 4 nitrogen and oxygen atoms in total. The Morgan fingerprint density at radius 3 is 2.50 bits per heavy atom. The lowest BCUT2D eigenvalue weighted by Gasteiger charge is -2.24. The van der Waals surface area contributed by atoms with Crippen LogP contribution in [0.3, 0.4) is 0 Å². The minimum Gasteiger partial charge on any atom is -0.310 e. The summed E-state index contributed by atoms with van der Waals surface area (Å²) in [6.07, 6.45) is 0. The van der Waals surface area contributed by atoms with Crippen molar-refractivity contribution in [3.8, 4) is 0 Å². The third-order valence-corrected chi connectivity index (χ3v) is 3.67.